The number of ether oxygens (including phenoxy) is 1. The van der Waals surface area contributed by atoms with Crippen molar-refractivity contribution in [1.29, 1.82) is 0 Å². The minimum absolute atomic E-state index is 0.0410. The van der Waals surface area contributed by atoms with Crippen molar-refractivity contribution in [2.45, 2.75) is 123 Å². The number of aliphatic hydroxyl groups excluding tert-OH is 1. The molecule has 14 nitrogen and oxygen atoms in total. The van der Waals surface area contributed by atoms with Crippen LogP contribution in [0.1, 0.15) is 83.7 Å². The SMILES string of the molecule is CC(C)CC(C(=O)N(C(=O)[C@H](Cc1cnc[nH]1)NC(=O)[C@H](Cc1ccccc1)NC(=O)OC(C)(C)C)[C@H](CC(C)C)C(=O)NCc1ccccc1)[C@H](O)[C@@H](N)Cc1ccccc1. The number of hydrogen-bond acceptors (Lipinski definition) is 9. The summed E-state index contributed by atoms with van der Waals surface area (Å²) in [6.07, 6.45) is 0.993. The number of imide groups is 1. The molecule has 1 heterocycles. The van der Waals surface area contributed by atoms with Gasteiger partial charge in [0.1, 0.15) is 23.7 Å². The van der Waals surface area contributed by atoms with Gasteiger partial charge in [0.2, 0.25) is 17.7 Å². The Morgan fingerprint density at radius 1 is 0.726 bits per heavy atom. The van der Waals surface area contributed by atoms with Crippen molar-refractivity contribution in [2.75, 3.05) is 0 Å². The normalized spacial score (nSPS) is 14.5. The third-order valence-corrected chi connectivity index (χ3v) is 10.2. The fourth-order valence-electron chi connectivity index (χ4n) is 7.24. The third kappa shape index (κ3) is 15.6. The number of H-pyrrole nitrogens is 1. The average Bonchev–Trinajstić information content (AvgIpc) is 3.74. The van der Waals surface area contributed by atoms with Crippen LogP contribution in [-0.4, -0.2) is 85.6 Å². The summed E-state index contributed by atoms with van der Waals surface area (Å²) in [6, 6.07) is 22.7. The van der Waals surface area contributed by atoms with E-state index in [4.69, 9.17) is 10.5 Å². The Kier molecular flexibility index (Phi) is 18.4. The maximum absolute atomic E-state index is 15.5. The molecule has 0 aliphatic carbocycles. The highest BCUT2D eigenvalue weighted by Crippen LogP contribution is 2.26. The van der Waals surface area contributed by atoms with Gasteiger partial charge >= 0.3 is 6.09 Å². The number of alkyl carbamates (subject to hydrolysis) is 1. The summed E-state index contributed by atoms with van der Waals surface area (Å²) in [4.78, 5) is 81.0. The van der Waals surface area contributed by atoms with Crippen molar-refractivity contribution in [1.82, 2.24) is 30.8 Å². The van der Waals surface area contributed by atoms with Crippen LogP contribution in [0.2, 0.25) is 0 Å². The number of benzene rings is 3. The average molecular weight is 852 g/mol. The number of nitrogens with two attached hydrogens (primary N) is 1. The van der Waals surface area contributed by atoms with Crippen LogP contribution >= 0.6 is 0 Å². The van der Waals surface area contributed by atoms with Crippen molar-refractivity contribution < 1.29 is 33.8 Å². The molecule has 0 radical (unpaired) electrons. The topological polar surface area (TPSA) is 209 Å². The predicted octanol–water partition coefficient (Wildman–Crippen LogP) is 5.25. The van der Waals surface area contributed by atoms with Gasteiger partial charge < -0.3 is 36.5 Å². The number of carbonyl (C=O) groups excluding carboxylic acids is 5. The number of rotatable bonds is 21. The molecular weight excluding hydrogens is 787 g/mol. The van der Waals surface area contributed by atoms with E-state index in [2.05, 4.69) is 25.9 Å². The van der Waals surface area contributed by atoms with E-state index in [0.717, 1.165) is 21.6 Å². The molecule has 334 valence electrons. The summed E-state index contributed by atoms with van der Waals surface area (Å²) in [5, 5.41) is 20.4. The second-order valence-electron chi connectivity index (χ2n) is 17.7. The highest BCUT2D eigenvalue weighted by atomic mass is 16.6. The van der Waals surface area contributed by atoms with E-state index in [1.807, 2.05) is 94.4 Å². The van der Waals surface area contributed by atoms with Gasteiger partial charge in [-0.05, 0) is 68.6 Å². The Morgan fingerprint density at radius 3 is 1.79 bits per heavy atom. The lowest BCUT2D eigenvalue weighted by Crippen LogP contribution is -2.62. The minimum atomic E-state index is -1.46. The van der Waals surface area contributed by atoms with E-state index in [1.54, 1.807) is 45.0 Å². The first-order chi connectivity index (χ1) is 29.4. The number of aromatic nitrogens is 2. The molecule has 4 rings (SSSR count). The van der Waals surface area contributed by atoms with Gasteiger partial charge in [0.25, 0.3) is 5.91 Å². The number of amides is 5. The van der Waals surface area contributed by atoms with Gasteiger partial charge in [-0.3, -0.25) is 24.1 Å². The van der Waals surface area contributed by atoms with Crippen molar-refractivity contribution in [3.8, 4) is 0 Å². The largest absolute Gasteiger partial charge is 0.444 e. The molecule has 5 amide bonds. The quantitative estimate of drug-likeness (QED) is 0.0646. The Balaban J connectivity index is 1.82. The zero-order chi connectivity index (χ0) is 45.4. The highest BCUT2D eigenvalue weighted by Gasteiger charge is 2.45. The Bertz CT molecular complexity index is 2010. The number of aliphatic hydroxyl groups is 1. The number of imidazole rings is 1. The van der Waals surface area contributed by atoms with E-state index in [0.29, 0.717) is 5.69 Å². The molecule has 0 bridgehead atoms. The molecule has 14 heteroatoms. The number of nitrogens with one attached hydrogen (secondary N) is 4. The summed E-state index contributed by atoms with van der Waals surface area (Å²) in [5.74, 6) is -4.53. The first kappa shape index (κ1) is 48.8. The van der Waals surface area contributed by atoms with Crippen LogP contribution in [-0.2, 0) is 49.7 Å². The van der Waals surface area contributed by atoms with Crippen LogP contribution in [0.15, 0.2) is 104 Å². The summed E-state index contributed by atoms with van der Waals surface area (Å²) < 4.78 is 5.51. The van der Waals surface area contributed by atoms with E-state index in [9.17, 15) is 19.5 Å². The maximum Gasteiger partial charge on any atom is 0.408 e. The molecule has 6 atom stereocenters. The van der Waals surface area contributed by atoms with Crippen LogP contribution in [0.4, 0.5) is 4.79 Å². The highest BCUT2D eigenvalue weighted by molar-refractivity contribution is 6.04. The molecule has 7 N–H and O–H groups in total. The van der Waals surface area contributed by atoms with E-state index < -0.39 is 71.5 Å². The zero-order valence-electron chi connectivity index (χ0n) is 37.0. The Labute approximate surface area is 365 Å². The predicted molar refractivity (Wildman–Crippen MR) is 238 cm³/mol. The Hall–Kier alpha value is -5.86. The summed E-state index contributed by atoms with van der Waals surface area (Å²) in [5.41, 5.74) is 8.63. The number of nitrogens with zero attached hydrogens (tertiary/aromatic N) is 2. The molecule has 4 aromatic rings. The summed E-state index contributed by atoms with van der Waals surface area (Å²) >= 11 is 0. The first-order valence-corrected chi connectivity index (χ1v) is 21.4. The lowest BCUT2D eigenvalue weighted by atomic mass is 9.84. The van der Waals surface area contributed by atoms with Gasteiger partial charge in [-0.25, -0.2) is 9.78 Å². The third-order valence-electron chi connectivity index (χ3n) is 10.2. The van der Waals surface area contributed by atoms with Crippen molar-refractivity contribution in [2.24, 2.45) is 23.5 Å². The molecule has 0 saturated heterocycles. The Morgan fingerprint density at radius 2 is 1.27 bits per heavy atom. The second kappa shape index (κ2) is 23.4. The lowest BCUT2D eigenvalue weighted by Gasteiger charge is -2.38. The van der Waals surface area contributed by atoms with Gasteiger partial charge in [0, 0.05) is 37.3 Å². The molecule has 0 aliphatic rings. The number of carbonyl (C=O) groups is 5. The molecular formula is C48H65N7O7. The summed E-state index contributed by atoms with van der Waals surface area (Å²) in [6.45, 7) is 12.8. The first-order valence-electron chi connectivity index (χ1n) is 21.4. The van der Waals surface area contributed by atoms with Crippen LogP contribution in [0.3, 0.4) is 0 Å². The molecule has 0 saturated carbocycles. The van der Waals surface area contributed by atoms with E-state index >= 15 is 9.59 Å². The molecule has 0 aliphatic heterocycles. The monoisotopic (exact) mass is 851 g/mol. The molecule has 1 unspecified atom stereocenters. The van der Waals surface area contributed by atoms with Crippen molar-refractivity contribution in [3.05, 3.63) is 126 Å². The standard InChI is InChI=1S/C48H65N7O7/c1-31(2)23-37(42(56)38(49)25-33-17-11-8-12-18-33)45(59)55(41(24-32(3)4)44(58)51-28-35-21-15-10-16-22-35)46(60)40(27-36-29-50-30-52-36)53-43(57)39(26-34-19-13-9-14-20-34)54-47(61)62-48(5,6)7/h8-22,29-32,37-42,56H,23-28,49H2,1-7H3,(H,50,52)(H,51,58)(H,53,57)(H,54,61)/t37?,38-,39-,40-,41+,42-/m0/s1. The maximum atomic E-state index is 15.5. The molecule has 0 fully saturated rings. The molecule has 0 spiro atoms. The van der Waals surface area contributed by atoms with Crippen molar-refractivity contribution >= 4 is 29.7 Å². The number of hydrogen-bond donors (Lipinski definition) is 6. The van der Waals surface area contributed by atoms with Gasteiger partial charge in [0.15, 0.2) is 0 Å². The van der Waals surface area contributed by atoms with Crippen LogP contribution < -0.4 is 21.7 Å². The summed E-state index contributed by atoms with van der Waals surface area (Å²) in [7, 11) is 0. The molecule has 1 aromatic heterocycles. The van der Waals surface area contributed by atoms with Gasteiger partial charge in [-0.2, -0.15) is 0 Å². The van der Waals surface area contributed by atoms with E-state index in [-0.39, 0.29) is 50.5 Å². The fraction of sp³-hybridized carbons (Fsp3) is 0.458. The van der Waals surface area contributed by atoms with Crippen LogP contribution in [0, 0.1) is 17.8 Å². The molecule has 62 heavy (non-hydrogen) atoms. The van der Waals surface area contributed by atoms with Gasteiger partial charge in [-0.15, -0.1) is 0 Å². The van der Waals surface area contributed by atoms with E-state index in [1.165, 1.54) is 12.5 Å². The number of aromatic amines is 1. The lowest BCUT2D eigenvalue weighted by molar-refractivity contribution is -0.159. The van der Waals surface area contributed by atoms with Crippen LogP contribution in [0.5, 0.6) is 0 Å². The van der Waals surface area contributed by atoms with Gasteiger partial charge in [0.05, 0.1) is 18.3 Å². The smallest absolute Gasteiger partial charge is 0.408 e. The van der Waals surface area contributed by atoms with Crippen molar-refractivity contribution in [3.63, 3.8) is 0 Å². The minimum Gasteiger partial charge on any atom is -0.444 e. The second-order valence-corrected chi connectivity index (χ2v) is 17.7. The van der Waals surface area contributed by atoms with Gasteiger partial charge in [-0.1, -0.05) is 119 Å². The van der Waals surface area contributed by atoms with Crippen LogP contribution in [0.25, 0.3) is 0 Å². The molecule has 3 aromatic carbocycles. The fourth-order valence-corrected chi connectivity index (χ4v) is 7.24. The zero-order valence-corrected chi connectivity index (χ0v) is 37.0.